The second-order valence-electron chi connectivity index (χ2n) is 11.8. The van der Waals surface area contributed by atoms with Gasteiger partial charge in [0.25, 0.3) is 5.91 Å². The van der Waals surface area contributed by atoms with Crippen molar-refractivity contribution in [3.63, 3.8) is 0 Å². The maximum Gasteiger partial charge on any atom is 0.251 e. The maximum absolute atomic E-state index is 12.4. The topological polar surface area (TPSA) is 71.1 Å². The molecule has 1 aromatic heterocycles. The molecule has 5 nitrogen and oxygen atoms in total. The highest BCUT2D eigenvalue weighted by Crippen LogP contribution is 2.61. The Hall–Kier alpha value is -2.21. The number of thiazole rings is 1. The van der Waals surface area contributed by atoms with Gasteiger partial charge in [-0.2, -0.15) is 0 Å². The molecule has 0 unspecified atom stereocenters. The Morgan fingerprint density at radius 2 is 1.64 bits per heavy atom. The highest BCUT2D eigenvalue weighted by atomic mass is 32.1. The van der Waals surface area contributed by atoms with Gasteiger partial charge < -0.3 is 10.6 Å². The standard InChI is InChI=1S/C27H35N3O2S/c1-26(2,3)21-6-4-20(5-7-21)24(32)28-15-23(31)30-25-29-22(16-33-25)14-27-11-17-8-18(12-27)10-19(9-17)13-27/h4-7,16-19H,8-15H2,1-3H3,(H,28,32)(H,29,30,31). The fraction of sp³-hybridized carbons (Fsp3) is 0.593. The molecular formula is C27H35N3O2S. The first-order valence-electron chi connectivity index (χ1n) is 12.3. The Bertz CT molecular complexity index is 999. The Balaban J connectivity index is 1.12. The maximum atomic E-state index is 12.4. The first-order chi connectivity index (χ1) is 15.7. The van der Waals surface area contributed by atoms with E-state index in [-0.39, 0.29) is 23.8 Å². The van der Waals surface area contributed by atoms with Crippen LogP contribution in [0, 0.1) is 23.2 Å². The summed E-state index contributed by atoms with van der Waals surface area (Å²) in [5, 5.41) is 8.30. The van der Waals surface area contributed by atoms with Crippen molar-refractivity contribution in [2.24, 2.45) is 23.2 Å². The highest BCUT2D eigenvalue weighted by molar-refractivity contribution is 7.13. The van der Waals surface area contributed by atoms with Crippen LogP contribution in [-0.4, -0.2) is 23.3 Å². The summed E-state index contributed by atoms with van der Waals surface area (Å²) >= 11 is 1.49. The minimum absolute atomic E-state index is 0.0388. The molecule has 4 bridgehead atoms. The molecule has 2 aromatic rings. The van der Waals surface area contributed by atoms with Crippen molar-refractivity contribution >= 4 is 28.3 Å². The van der Waals surface area contributed by atoms with Gasteiger partial charge in [0.2, 0.25) is 5.91 Å². The van der Waals surface area contributed by atoms with Gasteiger partial charge in [-0.05, 0) is 91.2 Å². The molecule has 176 valence electrons. The van der Waals surface area contributed by atoms with E-state index in [1.54, 1.807) is 0 Å². The lowest BCUT2D eigenvalue weighted by molar-refractivity contribution is -0.115. The SMILES string of the molecule is CC(C)(C)c1ccc(C(=O)NCC(=O)Nc2nc(CC34CC5CC(CC(C5)C3)C4)cs2)cc1. The van der Waals surface area contributed by atoms with Crippen LogP contribution < -0.4 is 10.6 Å². The number of hydrogen-bond acceptors (Lipinski definition) is 4. The van der Waals surface area contributed by atoms with Gasteiger partial charge in [-0.15, -0.1) is 11.3 Å². The lowest BCUT2D eigenvalue weighted by Gasteiger charge is -2.56. The van der Waals surface area contributed by atoms with E-state index in [9.17, 15) is 9.59 Å². The van der Waals surface area contributed by atoms with E-state index >= 15 is 0 Å². The summed E-state index contributed by atoms with van der Waals surface area (Å²) in [5.41, 5.74) is 3.32. The molecule has 0 radical (unpaired) electrons. The quantitative estimate of drug-likeness (QED) is 0.586. The van der Waals surface area contributed by atoms with E-state index in [0.717, 1.165) is 29.9 Å². The predicted octanol–water partition coefficient (Wildman–Crippen LogP) is 5.57. The van der Waals surface area contributed by atoms with Crippen molar-refractivity contribution < 1.29 is 9.59 Å². The third-order valence-corrected chi connectivity index (χ3v) is 8.75. The van der Waals surface area contributed by atoms with Crippen LogP contribution in [0.2, 0.25) is 0 Å². The lowest BCUT2D eigenvalue weighted by Crippen LogP contribution is -2.47. The Morgan fingerprint density at radius 3 is 2.21 bits per heavy atom. The van der Waals surface area contributed by atoms with Gasteiger partial charge in [0.15, 0.2) is 5.13 Å². The normalized spacial score (nSPS) is 28.0. The van der Waals surface area contributed by atoms with Crippen LogP contribution in [0.15, 0.2) is 29.6 Å². The fourth-order valence-corrected chi connectivity index (χ4v) is 7.61. The van der Waals surface area contributed by atoms with Crippen molar-refractivity contribution in [1.29, 1.82) is 0 Å². The molecule has 0 saturated heterocycles. The molecule has 1 heterocycles. The van der Waals surface area contributed by atoms with Gasteiger partial charge in [0.05, 0.1) is 12.2 Å². The van der Waals surface area contributed by atoms with Crippen LogP contribution in [0.5, 0.6) is 0 Å². The van der Waals surface area contributed by atoms with Crippen LogP contribution in [0.25, 0.3) is 0 Å². The lowest BCUT2D eigenvalue weighted by atomic mass is 9.48. The van der Waals surface area contributed by atoms with Gasteiger partial charge in [-0.3, -0.25) is 9.59 Å². The largest absolute Gasteiger partial charge is 0.343 e. The number of carbonyl (C=O) groups is 2. The zero-order valence-corrected chi connectivity index (χ0v) is 20.8. The number of hydrogen-bond donors (Lipinski definition) is 2. The van der Waals surface area contributed by atoms with E-state index in [1.807, 2.05) is 24.3 Å². The number of nitrogens with zero attached hydrogens (tertiary/aromatic N) is 1. The average molecular weight is 466 g/mol. The summed E-state index contributed by atoms with van der Waals surface area (Å²) in [5.74, 6) is 2.31. The highest BCUT2D eigenvalue weighted by Gasteiger charge is 2.50. The molecule has 2 amide bonds. The van der Waals surface area contributed by atoms with E-state index < -0.39 is 0 Å². The minimum atomic E-state index is -0.245. The molecule has 1 aromatic carbocycles. The van der Waals surface area contributed by atoms with Gasteiger partial charge >= 0.3 is 0 Å². The Morgan fingerprint density at radius 1 is 1.03 bits per heavy atom. The first kappa shape index (κ1) is 22.6. The summed E-state index contributed by atoms with van der Waals surface area (Å²) < 4.78 is 0. The van der Waals surface area contributed by atoms with Crippen molar-refractivity contribution in [2.45, 2.75) is 71.1 Å². The average Bonchev–Trinajstić information content (AvgIpc) is 3.16. The third-order valence-electron chi connectivity index (χ3n) is 7.94. The predicted molar refractivity (Wildman–Crippen MR) is 133 cm³/mol. The molecule has 6 rings (SSSR count). The summed E-state index contributed by atoms with van der Waals surface area (Å²) in [6.45, 7) is 6.35. The number of carbonyl (C=O) groups excluding carboxylic acids is 2. The van der Waals surface area contributed by atoms with Crippen LogP contribution in [-0.2, 0) is 16.6 Å². The second kappa shape index (κ2) is 8.53. The molecule has 4 saturated carbocycles. The van der Waals surface area contributed by atoms with Gasteiger partial charge in [-0.25, -0.2) is 4.98 Å². The smallest absolute Gasteiger partial charge is 0.251 e. The second-order valence-corrected chi connectivity index (χ2v) is 12.7. The van der Waals surface area contributed by atoms with Crippen LogP contribution in [0.3, 0.4) is 0 Å². The van der Waals surface area contributed by atoms with Gasteiger partial charge in [0, 0.05) is 10.9 Å². The van der Waals surface area contributed by atoms with Gasteiger partial charge in [0.1, 0.15) is 0 Å². The molecular weight excluding hydrogens is 430 g/mol. The van der Waals surface area contributed by atoms with Crippen molar-refractivity contribution in [3.05, 3.63) is 46.5 Å². The molecule has 2 N–H and O–H groups in total. The van der Waals surface area contributed by atoms with E-state index in [4.69, 9.17) is 4.98 Å². The Kier molecular flexibility index (Phi) is 5.84. The molecule has 0 spiro atoms. The summed E-state index contributed by atoms with van der Waals surface area (Å²) in [6, 6.07) is 7.56. The Labute approximate surface area is 200 Å². The fourth-order valence-electron chi connectivity index (χ4n) is 6.88. The van der Waals surface area contributed by atoms with E-state index in [2.05, 4.69) is 36.8 Å². The molecule has 0 atom stereocenters. The minimum Gasteiger partial charge on any atom is -0.343 e. The summed E-state index contributed by atoms with van der Waals surface area (Å²) in [4.78, 5) is 29.5. The number of amides is 2. The molecule has 4 fully saturated rings. The van der Waals surface area contributed by atoms with Crippen molar-refractivity contribution in [2.75, 3.05) is 11.9 Å². The number of benzene rings is 1. The molecule has 33 heavy (non-hydrogen) atoms. The van der Waals surface area contributed by atoms with E-state index in [1.165, 1.54) is 55.4 Å². The third kappa shape index (κ3) is 5.01. The number of anilines is 1. The van der Waals surface area contributed by atoms with Crippen LogP contribution >= 0.6 is 11.3 Å². The number of nitrogens with one attached hydrogen (secondary N) is 2. The van der Waals surface area contributed by atoms with E-state index in [0.29, 0.717) is 16.1 Å². The summed E-state index contributed by atoms with van der Waals surface area (Å²) in [6.07, 6.45) is 9.48. The molecule has 4 aliphatic carbocycles. The number of rotatable bonds is 6. The van der Waals surface area contributed by atoms with Crippen molar-refractivity contribution in [1.82, 2.24) is 10.3 Å². The first-order valence-corrected chi connectivity index (χ1v) is 13.2. The van der Waals surface area contributed by atoms with Crippen LogP contribution in [0.4, 0.5) is 5.13 Å². The van der Waals surface area contributed by atoms with Crippen LogP contribution in [0.1, 0.15) is 80.9 Å². The molecule has 6 heteroatoms. The molecule has 4 aliphatic rings. The zero-order valence-electron chi connectivity index (χ0n) is 19.9. The van der Waals surface area contributed by atoms with Gasteiger partial charge in [-0.1, -0.05) is 32.9 Å². The summed E-state index contributed by atoms with van der Waals surface area (Å²) in [7, 11) is 0. The monoisotopic (exact) mass is 465 g/mol. The number of aromatic nitrogens is 1. The van der Waals surface area contributed by atoms with Crippen molar-refractivity contribution in [3.8, 4) is 0 Å². The molecule has 0 aliphatic heterocycles. The zero-order chi connectivity index (χ0) is 23.2.